The van der Waals surface area contributed by atoms with Crippen molar-refractivity contribution < 1.29 is 22.4 Å². The molecule has 0 atom stereocenters. The van der Waals surface area contributed by atoms with Gasteiger partial charge in [-0.2, -0.15) is 9.57 Å². The highest BCUT2D eigenvalue weighted by atomic mass is 32.2. The highest BCUT2D eigenvalue weighted by molar-refractivity contribution is 7.89. The zero-order valence-corrected chi connectivity index (χ0v) is 18.6. The topological polar surface area (TPSA) is 143 Å². The fourth-order valence-electron chi connectivity index (χ4n) is 3.96. The number of nitrogens with zero attached hydrogens (tertiary/aromatic N) is 4. The fraction of sp³-hybridized carbons (Fsp3) is 0.318. The van der Waals surface area contributed by atoms with Gasteiger partial charge in [0.15, 0.2) is 11.5 Å². The molecule has 33 heavy (non-hydrogen) atoms. The third kappa shape index (κ3) is 4.54. The molecule has 4 rings (SSSR count). The van der Waals surface area contributed by atoms with E-state index in [2.05, 4.69) is 6.07 Å². The van der Waals surface area contributed by atoms with Gasteiger partial charge in [0.2, 0.25) is 5.09 Å². The van der Waals surface area contributed by atoms with Gasteiger partial charge in [0.25, 0.3) is 15.9 Å². The number of rotatable bonds is 8. The van der Waals surface area contributed by atoms with Crippen molar-refractivity contribution in [2.45, 2.75) is 18.1 Å². The zero-order chi connectivity index (χ0) is 23.6. The van der Waals surface area contributed by atoms with E-state index in [1.165, 1.54) is 16.4 Å². The SMILES string of the molecule is N#CCCn1cc(C(=O)CN2CCN(S(=O)(=O)c3ccc(C(N)=O)o3)CC2)c2ccccc21. The van der Waals surface area contributed by atoms with E-state index in [9.17, 15) is 18.0 Å². The number of aromatic nitrogens is 1. The standard InChI is InChI=1S/C22H23N5O5S/c23-8-3-9-26-14-17(16-4-1-2-5-18(16)26)19(28)15-25-10-12-27(13-11-25)33(30,31)21-7-6-20(32-21)22(24)29/h1-2,4-7,14H,3,9-13,15H2,(H2,24,29). The molecule has 0 radical (unpaired) electrons. The van der Waals surface area contributed by atoms with Crippen molar-refractivity contribution >= 4 is 32.6 Å². The molecule has 2 N–H and O–H groups in total. The summed E-state index contributed by atoms with van der Waals surface area (Å²) in [5.74, 6) is -1.11. The van der Waals surface area contributed by atoms with E-state index in [4.69, 9.17) is 15.4 Å². The first-order valence-corrected chi connectivity index (χ1v) is 11.9. The van der Waals surface area contributed by atoms with Crippen molar-refractivity contribution in [3.63, 3.8) is 0 Å². The lowest BCUT2D eigenvalue weighted by Gasteiger charge is -2.32. The number of para-hydroxylation sites is 1. The Morgan fingerprint density at radius 1 is 1.09 bits per heavy atom. The average molecular weight is 470 g/mol. The first-order chi connectivity index (χ1) is 15.8. The molecule has 1 aromatic carbocycles. The van der Waals surface area contributed by atoms with Crippen LogP contribution in [0.5, 0.6) is 0 Å². The number of ketones is 1. The molecule has 2 aromatic heterocycles. The minimum atomic E-state index is -3.90. The summed E-state index contributed by atoms with van der Waals surface area (Å²) in [6.07, 6.45) is 2.14. The van der Waals surface area contributed by atoms with Gasteiger partial charge in [-0.15, -0.1) is 0 Å². The van der Waals surface area contributed by atoms with Crippen LogP contribution in [-0.2, 0) is 16.6 Å². The van der Waals surface area contributed by atoms with Crippen molar-refractivity contribution in [1.29, 1.82) is 5.26 Å². The minimum Gasteiger partial charge on any atom is -0.438 e. The molecule has 11 heteroatoms. The number of benzene rings is 1. The van der Waals surface area contributed by atoms with Gasteiger partial charge in [-0.3, -0.25) is 14.5 Å². The van der Waals surface area contributed by atoms with Gasteiger partial charge >= 0.3 is 0 Å². The molecule has 0 unspecified atom stereocenters. The number of hydrogen-bond acceptors (Lipinski definition) is 7. The maximum Gasteiger partial charge on any atom is 0.284 e. The molecular weight excluding hydrogens is 446 g/mol. The Labute approximate surface area is 190 Å². The number of sulfonamides is 1. The lowest BCUT2D eigenvalue weighted by molar-refractivity contribution is 0.0902. The molecule has 1 aliphatic rings. The second-order valence-electron chi connectivity index (χ2n) is 7.75. The number of piperazine rings is 1. The van der Waals surface area contributed by atoms with Gasteiger partial charge in [0, 0.05) is 55.4 Å². The van der Waals surface area contributed by atoms with Crippen LogP contribution in [0.3, 0.4) is 0 Å². The van der Waals surface area contributed by atoms with Gasteiger partial charge in [-0.05, 0) is 18.2 Å². The monoisotopic (exact) mass is 469 g/mol. The highest BCUT2D eigenvalue weighted by Crippen LogP contribution is 2.24. The lowest BCUT2D eigenvalue weighted by atomic mass is 10.1. The maximum atomic E-state index is 13.1. The second kappa shape index (κ2) is 9.19. The molecule has 0 saturated carbocycles. The number of amides is 1. The largest absolute Gasteiger partial charge is 0.438 e. The van der Waals surface area contributed by atoms with Crippen molar-refractivity contribution in [3.8, 4) is 6.07 Å². The summed E-state index contributed by atoms with van der Waals surface area (Å²) in [4.78, 5) is 26.2. The van der Waals surface area contributed by atoms with Crippen LogP contribution >= 0.6 is 0 Å². The Morgan fingerprint density at radius 3 is 2.48 bits per heavy atom. The number of aryl methyl sites for hydroxylation is 1. The summed E-state index contributed by atoms with van der Waals surface area (Å²) in [6, 6.07) is 12.1. The van der Waals surface area contributed by atoms with Crippen LogP contribution in [0.1, 0.15) is 27.3 Å². The van der Waals surface area contributed by atoms with E-state index in [1.54, 1.807) is 6.20 Å². The van der Waals surface area contributed by atoms with Crippen molar-refractivity contribution in [2.75, 3.05) is 32.7 Å². The molecule has 1 aliphatic heterocycles. The summed E-state index contributed by atoms with van der Waals surface area (Å²) in [5.41, 5.74) is 6.62. The minimum absolute atomic E-state index is 0.0599. The predicted molar refractivity (Wildman–Crippen MR) is 119 cm³/mol. The fourth-order valence-corrected chi connectivity index (χ4v) is 5.29. The number of furan rings is 1. The van der Waals surface area contributed by atoms with Crippen molar-refractivity contribution in [3.05, 3.63) is 53.9 Å². The first kappa shape index (κ1) is 22.7. The number of nitriles is 1. The number of carbonyl (C=O) groups is 2. The summed E-state index contributed by atoms with van der Waals surface area (Å²) in [6.45, 7) is 1.79. The molecule has 0 bridgehead atoms. The van der Waals surface area contributed by atoms with Crippen LogP contribution in [-0.4, -0.2) is 66.6 Å². The quantitative estimate of drug-likeness (QED) is 0.492. The number of carbonyl (C=O) groups excluding carboxylic acids is 2. The molecule has 3 heterocycles. The van der Waals surface area contributed by atoms with Crippen molar-refractivity contribution in [1.82, 2.24) is 13.8 Å². The molecule has 1 amide bonds. The molecular formula is C22H23N5O5S. The Kier molecular flexibility index (Phi) is 6.33. The van der Waals surface area contributed by atoms with E-state index in [0.29, 0.717) is 31.6 Å². The number of hydrogen-bond donors (Lipinski definition) is 1. The third-order valence-corrected chi connectivity index (χ3v) is 7.44. The summed E-state index contributed by atoms with van der Waals surface area (Å²) in [5, 5.41) is 9.41. The zero-order valence-electron chi connectivity index (χ0n) is 17.8. The normalized spacial score (nSPS) is 15.5. The average Bonchev–Trinajstić information content (AvgIpc) is 3.44. The van der Waals surface area contributed by atoms with Crippen LogP contribution in [0.2, 0.25) is 0 Å². The Morgan fingerprint density at radius 2 is 1.82 bits per heavy atom. The van der Waals surface area contributed by atoms with Crippen LogP contribution < -0.4 is 5.73 Å². The van der Waals surface area contributed by atoms with E-state index < -0.39 is 15.9 Å². The maximum absolute atomic E-state index is 13.1. The lowest BCUT2D eigenvalue weighted by Crippen LogP contribution is -2.49. The molecule has 0 aliphatic carbocycles. The van der Waals surface area contributed by atoms with Crippen molar-refractivity contribution in [2.24, 2.45) is 5.73 Å². The van der Waals surface area contributed by atoms with E-state index in [1.807, 2.05) is 33.7 Å². The third-order valence-electron chi connectivity index (χ3n) is 5.67. The Balaban J connectivity index is 1.42. The van der Waals surface area contributed by atoms with E-state index >= 15 is 0 Å². The van der Waals surface area contributed by atoms with E-state index in [0.717, 1.165) is 10.9 Å². The summed E-state index contributed by atoms with van der Waals surface area (Å²) >= 11 is 0. The van der Waals surface area contributed by atoms with E-state index in [-0.39, 0.29) is 36.3 Å². The molecule has 1 fully saturated rings. The molecule has 172 valence electrons. The second-order valence-corrected chi connectivity index (χ2v) is 9.62. The first-order valence-electron chi connectivity index (χ1n) is 10.4. The molecule has 0 spiro atoms. The van der Waals surface area contributed by atoms with Gasteiger partial charge in [0.1, 0.15) is 0 Å². The number of Topliss-reactive ketones (excluding diaryl/α,β-unsaturated/α-hetero) is 1. The smallest absolute Gasteiger partial charge is 0.284 e. The van der Waals surface area contributed by atoms with Gasteiger partial charge in [-0.25, -0.2) is 8.42 Å². The van der Waals surface area contributed by atoms with Gasteiger partial charge in [-0.1, -0.05) is 18.2 Å². The Hall–Kier alpha value is -3.46. The van der Waals surface area contributed by atoms with Crippen LogP contribution in [0, 0.1) is 11.3 Å². The number of primary amides is 1. The summed E-state index contributed by atoms with van der Waals surface area (Å²) < 4.78 is 33.8. The molecule has 10 nitrogen and oxygen atoms in total. The number of fused-ring (bicyclic) bond motifs is 1. The van der Waals surface area contributed by atoms with Crippen LogP contribution in [0.4, 0.5) is 0 Å². The van der Waals surface area contributed by atoms with Crippen LogP contribution in [0.25, 0.3) is 10.9 Å². The van der Waals surface area contributed by atoms with Gasteiger partial charge in [0.05, 0.1) is 19.0 Å². The highest BCUT2D eigenvalue weighted by Gasteiger charge is 2.32. The predicted octanol–water partition coefficient (Wildman–Crippen LogP) is 1.44. The van der Waals surface area contributed by atoms with Crippen LogP contribution in [0.15, 0.2) is 52.1 Å². The number of nitrogens with two attached hydrogens (primary N) is 1. The van der Waals surface area contributed by atoms with Gasteiger partial charge < -0.3 is 14.7 Å². The molecule has 1 saturated heterocycles. The summed E-state index contributed by atoms with van der Waals surface area (Å²) in [7, 11) is -3.90. The Bertz CT molecular complexity index is 1340. The molecule has 3 aromatic rings.